The molecule has 1 fully saturated rings. The number of rotatable bonds is 2. The third-order valence-corrected chi connectivity index (χ3v) is 3.43. The van der Waals surface area contributed by atoms with Crippen LogP contribution in [0.3, 0.4) is 0 Å². The fourth-order valence-corrected chi connectivity index (χ4v) is 2.00. The summed E-state index contributed by atoms with van der Waals surface area (Å²) in [5.41, 5.74) is 11.7. The van der Waals surface area contributed by atoms with Crippen molar-refractivity contribution >= 4 is 11.6 Å². The van der Waals surface area contributed by atoms with Gasteiger partial charge in [0.15, 0.2) is 0 Å². The van der Waals surface area contributed by atoms with E-state index in [1.165, 1.54) is 0 Å². The number of hydrogen-bond donors (Lipinski definition) is 2. The number of aromatic nitrogens is 2. The highest BCUT2D eigenvalue weighted by molar-refractivity contribution is 5.41. The Balaban J connectivity index is 2.04. The van der Waals surface area contributed by atoms with Crippen LogP contribution in [0.4, 0.5) is 11.6 Å². The zero-order valence-corrected chi connectivity index (χ0v) is 9.69. The normalized spacial score (nSPS) is 19.8. The Bertz CT molecular complexity index is 357. The topological polar surface area (TPSA) is 81.1 Å². The Morgan fingerprint density at radius 1 is 1.38 bits per heavy atom. The van der Waals surface area contributed by atoms with Crippen molar-refractivity contribution in [3.8, 4) is 0 Å². The average molecular weight is 221 g/mol. The fraction of sp³-hybridized carbons (Fsp3) is 0.636. The van der Waals surface area contributed by atoms with Gasteiger partial charge >= 0.3 is 0 Å². The van der Waals surface area contributed by atoms with Gasteiger partial charge in [0.2, 0.25) is 0 Å². The van der Waals surface area contributed by atoms with E-state index in [1.54, 1.807) is 12.4 Å². The van der Waals surface area contributed by atoms with Crippen molar-refractivity contribution in [3.63, 3.8) is 0 Å². The minimum atomic E-state index is 0.282. The van der Waals surface area contributed by atoms with Gasteiger partial charge < -0.3 is 16.4 Å². The second-order valence-corrected chi connectivity index (χ2v) is 4.80. The molecule has 2 heterocycles. The molecule has 0 amide bonds. The van der Waals surface area contributed by atoms with Crippen molar-refractivity contribution in [3.05, 3.63) is 12.4 Å². The van der Waals surface area contributed by atoms with Gasteiger partial charge in [0.05, 0.1) is 12.4 Å². The number of piperidine rings is 1. The lowest BCUT2D eigenvalue weighted by Gasteiger charge is -2.39. The Morgan fingerprint density at radius 2 is 2.06 bits per heavy atom. The molecule has 0 saturated carbocycles. The molecule has 0 spiro atoms. The smallest absolute Gasteiger partial charge is 0.149 e. The van der Waals surface area contributed by atoms with E-state index in [1.807, 2.05) is 0 Å². The van der Waals surface area contributed by atoms with E-state index in [-0.39, 0.29) is 5.41 Å². The molecule has 0 radical (unpaired) electrons. The van der Waals surface area contributed by atoms with E-state index in [4.69, 9.17) is 11.5 Å². The molecule has 5 nitrogen and oxygen atoms in total. The van der Waals surface area contributed by atoms with Gasteiger partial charge in [-0.15, -0.1) is 0 Å². The molecule has 1 aromatic heterocycles. The van der Waals surface area contributed by atoms with Gasteiger partial charge in [-0.2, -0.15) is 0 Å². The van der Waals surface area contributed by atoms with E-state index in [9.17, 15) is 0 Å². The summed E-state index contributed by atoms with van der Waals surface area (Å²) in [6, 6.07) is 0. The molecule has 0 bridgehead atoms. The van der Waals surface area contributed by atoms with Crippen molar-refractivity contribution in [2.24, 2.45) is 11.1 Å². The molecular formula is C11H19N5. The largest absolute Gasteiger partial charge is 0.382 e. The van der Waals surface area contributed by atoms with Crippen LogP contribution < -0.4 is 16.4 Å². The van der Waals surface area contributed by atoms with Crippen LogP contribution in [0.25, 0.3) is 0 Å². The van der Waals surface area contributed by atoms with Gasteiger partial charge in [-0.05, 0) is 24.8 Å². The molecular weight excluding hydrogens is 202 g/mol. The standard InChI is InChI=1S/C11H19N5/c1-11(8-12)2-4-16(5-3-11)10-7-14-6-9(13)15-10/h6-7H,2-5,8,12H2,1H3,(H2,13,15). The van der Waals surface area contributed by atoms with Gasteiger partial charge in [-0.1, -0.05) is 6.92 Å². The monoisotopic (exact) mass is 221 g/mol. The highest BCUT2D eigenvalue weighted by Gasteiger charge is 2.29. The SMILES string of the molecule is CC1(CN)CCN(c2cncc(N)n2)CC1. The number of hydrogen-bond acceptors (Lipinski definition) is 5. The van der Waals surface area contributed by atoms with Crippen LogP contribution >= 0.6 is 0 Å². The second kappa shape index (κ2) is 4.25. The average Bonchev–Trinajstić information content (AvgIpc) is 2.30. The zero-order valence-electron chi connectivity index (χ0n) is 9.69. The lowest BCUT2D eigenvalue weighted by molar-refractivity contribution is 0.258. The lowest BCUT2D eigenvalue weighted by Crippen LogP contribution is -2.42. The predicted octanol–water partition coefficient (Wildman–Crippen LogP) is 0.624. The summed E-state index contributed by atoms with van der Waals surface area (Å²) in [7, 11) is 0. The van der Waals surface area contributed by atoms with E-state index in [2.05, 4.69) is 21.8 Å². The van der Waals surface area contributed by atoms with Crippen LogP contribution in [0.5, 0.6) is 0 Å². The van der Waals surface area contributed by atoms with Crippen molar-refractivity contribution in [2.45, 2.75) is 19.8 Å². The summed E-state index contributed by atoms with van der Waals surface area (Å²) in [4.78, 5) is 10.6. The van der Waals surface area contributed by atoms with Crippen LogP contribution in [0.1, 0.15) is 19.8 Å². The summed E-state index contributed by atoms with van der Waals surface area (Å²) >= 11 is 0. The first kappa shape index (κ1) is 11.1. The molecule has 0 aromatic carbocycles. The molecule has 0 unspecified atom stereocenters. The van der Waals surface area contributed by atoms with Crippen molar-refractivity contribution in [1.29, 1.82) is 0 Å². The van der Waals surface area contributed by atoms with Gasteiger partial charge in [0.1, 0.15) is 11.6 Å². The van der Waals surface area contributed by atoms with Crippen molar-refractivity contribution in [1.82, 2.24) is 9.97 Å². The summed E-state index contributed by atoms with van der Waals surface area (Å²) < 4.78 is 0. The fourth-order valence-electron chi connectivity index (χ4n) is 2.00. The third kappa shape index (κ3) is 2.24. The number of nitrogen functional groups attached to an aromatic ring is 1. The molecule has 5 heteroatoms. The summed E-state index contributed by atoms with van der Waals surface area (Å²) in [6.07, 6.45) is 5.53. The van der Waals surface area contributed by atoms with E-state index < -0.39 is 0 Å². The molecule has 2 rings (SSSR count). The van der Waals surface area contributed by atoms with Crippen LogP contribution in [0.15, 0.2) is 12.4 Å². The summed E-state index contributed by atoms with van der Waals surface area (Å²) in [5, 5.41) is 0. The van der Waals surface area contributed by atoms with Gasteiger partial charge in [-0.25, -0.2) is 4.98 Å². The van der Waals surface area contributed by atoms with E-state index >= 15 is 0 Å². The molecule has 16 heavy (non-hydrogen) atoms. The molecule has 1 aliphatic rings. The molecule has 4 N–H and O–H groups in total. The van der Waals surface area contributed by atoms with E-state index in [0.29, 0.717) is 5.82 Å². The Hall–Kier alpha value is -1.36. The summed E-state index contributed by atoms with van der Waals surface area (Å²) in [6.45, 7) is 4.95. The molecule has 1 aromatic rings. The second-order valence-electron chi connectivity index (χ2n) is 4.80. The first-order chi connectivity index (χ1) is 7.63. The highest BCUT2D eigenvalue weighted by Crippen LogP contribution is 2.31. The minimum absolute atomic E-state index is 0.282. The van der Waals surface area contributed by atoms with Gasteiger partial charge in [0, 0.05) is 13.1 Å². The van der Waals surface area contributed by atoms with E-state index in [0.717, 1.165) is 38.3 Å². The maximum absolute atomic E-state index is 5.78. The molecule has 0 aliphatic carbocycles. The third-order valence-electron chi connectivity index (χ3n) is 3.43. The van der Waals surface area contributed by atoms with Gasteiger partial charge in [-0.3, -0.25) is 4.98 Å². The minimum Gasteiger partial charge on any atom is -0.382 e. The van der Waals surface area contributed by atoms with Crippen LogP contribution in [0, 0.1) is 5.41 Å². The molecule has 88 valence electrons. The first-order valence-electron chi connectivity index (χ1n) is 5.65. The maximum Gasteiger partial charge on any atom is 0.149 e. The lowest BCUT2D eigenvalue weighted by atomic mass is 9.80. The highest BCUT2D eigenvalue weighted by atomic mass is 15.2. The molecule has 1 saturated heterocycles. The Morgan fingerprint density at radius 3 is 2.62 bits per heavy atom. The number of anilines is 2. The quantitative estimate of drug-likeness (QED) is 0.765. The molecule has 1 aliphatic heterocycles. The number of nitrogens with two attached hydrogens (primary N) is 2. The van der Waals surface area contributed by atoms with Gasteiger partial charge in [0.25, 0.3) is 0 Å². The zero-order chi connectivity index (χ0) is 11.6. The Kier molecular flexibility index (Phi) is 2.96. The Labute approximate surface area is 95.9 Å². The van der Waals surface area contributed by atoms with Crippen LogP contribution in [0.2, 0.25) is 0 Å². The first-order valence-corrected chi connectivity index (χ1v) is 5.65. The van der Waals surface area contributed by atoms with Crippen molar-refractivity contribution in [2.75, 3.05) is 30.3 Å². The maximum atomic E-state index is 5.78. The predicted molar refractivity (Wildman–Crippen MR) is 65.1 cm³/mol. The van der Waals surface area contributed by atoms with Crippen LogP contribution in [-0.4, -0.2) is 29.6 Å². The number of nitrogens with zero attached hydrogens (tertiary/aromatic N) is 3. The van der Waals surface area contributed by atoms with Crippen molar-refractivity contribution < 1.29 is 0 Å². The van der Waals surface area contributed by atoms with Crippen LogP contribution in [-0.2, 0) is 0 Å². The molecule has 0 atom stereocenters. The summed E-state index contributed by atoms with van der Waals surface area (Å²) in [5.74, 6) is 1.35.